The van der Waals surface area contributed by atoms with Crippen molar-refractivity contribution in [1.82, 2.24) is 10.4 Å². The first kappa shape index (κ1) is 20.7. The first-order valence-corrected chi connectivity index (χ1v) is 10.7. The molecular weight excluding hydrogens is 410 g/mol. The lowest BCUT2D eigenvalue weighted by Crippen LogP contribution is -2.19. The molecule has 156 valence electrons. The SMILES string of the molecule is Cc1ccccc1COc1ccc(/C=N/NC(=O)CSc2nc3ccccc3o2)cc1. The van der Waals surface area contributed by atoms with Gasteiger partial charge in [-0.1, -0.05) is 48.2 Å². The highest BCUT2D eigenvalue weighted by Crippen LogP contribution is 2.22. The van der Waals surface area contributed by atoms with Gasteiger partial charge in [-0.05, 0) is 60.0 Å². The summed E-state index contributed by atoms with van der Waals surface area (Å²) in [5.41, 5.74) is 7.21. The van der Waals surface area contributed by atoms with Crippen molar-refractivity contribution in [1.29, 1.82) is 0 Å². The number of nitrogens with one attached hydrogen (secondary N) is 1. The summed E-state index contributed by atoms with van der Waals surface area (Å²) in [6, 6.07) is 23.2. The summed E-state index contributed by atoms with van der Waals surface area (Å²) >= 11 is 1.23. The Morgan fingerprint density at radius 2 is 1.87 bits per heavy atom. The molecule has 3 aromatic carbocycles. The van der Waals surface area contributed by atoms with Crippen LogP contribution >= 0.6 is 11.8 Å². The number of benzene rings is 3. The van der Waals surface area contributed by atoms with Crippen LogP contribution in [0.4, 0.5) is 0 Å². The van der Waals surface area contributed by atoms with Crippen molar-refractivity contribution in [3.63, 3.8) is 0 Å². The minimum Gasteiger partial charge on any atom is -0.489 e. The van der Waals surface area contributed by atoms with Crippen LogP contribution < -0.4 is 10.2 Å². The lowest BCUT2D eigenvalue weighted by molar-refractivity contribution is -0.118. The fourth-order valence-electron chi connectivity index (χ4n) is 2.83. The van der Waals surface area contributed by atoms with Crippen LogP contribution in [0.3, 0.4) is 0 Å². The van der Waals surface area contributed by atoms with Crippen LogP contribution in [-0.2, 0) is 11.4 Å². The van der Waals surface area contributed by atoms with E-state index in [4.69, 9.17) is 9.15 Å². The van der Waals surface area contributed by atoms with E-state index in [0.29, 0.717) is 17.4 Å². The molecule has 1 aromatic heterocycles. The Labute approximate surface area is 184 Å². The van der Waals surface area contributed by atoms with E-state index in [9.17, 15) is 4.79 Å². The van der Waals surface area contributed by atoms with Crippen LogP contribution in [0.5, 0.6) is 5.75 Å². The molecule has 7 heteroatoms. The number of para-hydroxylation sites is 2. The third-order valence-electron chi connectivity index (χ3n) is 4.54. The van der Waals surface area contributed by atoms with E-state index in [1.807, 2.05) is 60.7 Å². The van der Waals surface area contributed by atoms with Crippen molar-refractivity contribution in [3.05, 3.63) is 89.5 Å². The molecule has 1 amide bonds. The predicted molar refractivity (Wildman–Crippen MR) is 122 cm³/mol. The number of aromatic nitrogens is 1. The Hall–Kier alpha value is -3.58. The van der Waals surface area contributed by atoms with E-state index in [-0.39, 0.29) is 11.7 Å². The summed E-state index contributed by atoms with van der Waals surface area (Å²) in [5.74, 6) is 0.705. The average molecular weight is 432 g/mol. The fraction of sp³-hybridized carbons (Fsp3) is 0.125. The van der Waals surface area contributed by atoms with Gasteiger partial charge in [0, 0.05) is 0 Å². The molecule has 0 aliphatic carbocycles. The van der Waals surface area contributed by atoms with Crippen molar-refractivity contribution in [2.45, 2.75) is 18.8 Å². The fourth-order valence-corrected chi connectivity index (χ4v) is 3.47. The van der Waals surface area contributed by atoms with E-state index >= 15 is 0 Å². The third-order valence-corrected chi connectivity index (χ3v) is 5.37. The molecule has 31 heavy (non-hydrogen) atoms. The molecular formula is C24H21N3O3S. The summed E-state index contributed by atoms with van der Waals surface area (Å²) in [7, 11) is 0. The second-order valence-electron chi connectivity index (χ2n) is 6.81. The minimum atomic E-state index is -0.235. The second kappa shape index (κ2) is 9.95. The van der Waals surface area contributed by atoms with Gasteiger partial charge in [-0.2, -0.15) is 5.10 Å². The molecule has 0 fully saturated rings. The summed E-state index contributed by atoms with van der Waals surface area (Å²) < 4.78 is 11.4. The standard InChI is InChI=1S/C24H21N3O3S/c1-17-6-2-3-7-19(17)15-29-20-12-10-18(11-13-20)14-25-27-23(28)16-31-24-26-21-8-4-5-9-22(21)30-24/h2-14H,15-16H2,1H3,(H,27,28)/b25-14+. The number of hydrazone groups is 1. The normalized spacial score (nSPS) is 11.1. The zero-order chi connectivity index (χ0) is 21.5. The highest BCUT2D eigenvalue weighted by atomic mass is 32.2. The molecule has 0 saturated heterocycles. The van der Waals surface area contributed by atoms with Gasteiger partial charge in [0.15, 0.2) is 5.58 Å². The Balaban J connectivity index is 1.22. The number of hydrogen-bond acceptors (Lipinski definition) is 6. The largest absolute Gasteiger partial charge is 0.489 e. The van der Waals surface area contributed by atoms with E-state index in [0.717, 1.165) is 22.4 Å². The minimum absolute atomic E-state index is 0.163. The molecule has 0 bridgehead atoms. The first-order valence-electron chi connectivity index (χ1n) is 9.75. The maximum atomic E-state index is 12.0. The van der Waals surface area contributed by atoms with Gasteiger partial charge in [0.25, 0.3) is 11.1 Å². The third kappa shape index (κ3) is 5.73. The molecule has 0 aliphatic heterocycles. The number of aryl methyl sites for hydroxylation is 1. The molecule has 0 unspecified atom stereocenters. The molecule has 0 aliphatic rings. The van der Waals surface area contributed by atoms with E-state index in [2.05, 4.69) is 34.6 Å². The maximum absolute atomic E-state index is 12.0. The van der Waals surface area contributed by atoms with Crippen molar-refractivity contribution in [3.8, 4) is 5.75 Å². The van der Waals surface area contributed by atoms with Crippen LogP contribution in [0, 0.1) is 6.92 Å². The molecule has 0 saturated carbocycles. The van der Waals surface area contributed by atoms with Gasteiger partial charge in [0.1, 0.15) is 17.9 Å². The topological polar surface area (TPSA) is 76.7 Å². The number of oxazole rings is 1. The number of ether oxygens (including phenoxy) is 1. The van der Waals surface area contributed by atoms with Crippen LogP contribution in [0.2, 0.25) is 0 Å². The van der Waals surface area contributed by atoms with Gasteiger partial charge in [0.05, 0.1) is 12.0 Å². The smallest absolute Gasteiger partial charge is 0.257 e. The van der Waals surface area contributed by atoms with Gasteiger partial charge >= 0.3 is 0 Å². The Morgan fingerprint density at radius 3 is 2.68 bits per heavy atom. The van der Waals surface area contributed by atoms with Crippen molar-refractivity contribution in [2.24, 2.45) is 5.10 Å². The molecule has 1 N–H and O–H groups in total. The number of carbonyl (C=O) groups excluding carboxylic acids is 1. The zero-order valence-corrected chi connectivity index (χ0v) is 17.8. The van der Waals surface area contributed by atoms with E-state index in [1.165, 1.54) is 17.3 Å². The summed E-state index contributed by atoms with van der Waals surface area (Å²) in [6.07, 6.45) is 1.59. The molecule has 0 spiro atoms. The highest BCUT2D eigenvalue weighted by Gasteiger charge is 2.08. The lowest BCUT2D eigenvalue weighted by Gasteiger charge is -2.08. The molecule has 0 atom stereocenters. The van der Waals surface area contributed by atoms with E-state index < -0.39 is 0 Å². The monoisotopic (exact) mass is 431 g/mol. The zero-order valence-electron chi connectivity index (χ0n) is 16.9. The predicted octanol–water partition coefficient (Wildman–Crippen LogP) is 4.96. The van der Waals surface area contributed by atoms with Crippen LogP contribution in [0.25, 0.3) is 11.1 Å². The van der Waals surface area contributed by atoms with Crippen molar-refractivity contribution in [2.75, 3.05) is 5.75 Å². The molecule has 0 radical (unpaired) electrons. The van der Waals surface area contributed by atoms with Gasteiger partial charge in [0.2, 0.25) is 0 Å². The van der Waals surface area contributed by atoms with E-state index in [1.54, 1.807) is 6.21 Å². The number of fused-ring (bicyclic) bond motifs is 1. The summed E-state index contributed by atoms with van der Waals surface area (Å²) in [6.45, 7) is 2.59. The van der Waals surface area contributed by atoms with Gasteiger partial charge in [-0.3, -0.25) is 4.79 Å². The maximum Gasteiger partial charge on any atom is 0.257 e. The molecule has 1 heterocycles. The number of nitrogens with zero attached hydrogens (tertiary/aromatic N) is 2. The van der Waals surface area contributed by atoms with Gasteiger partial charge in [-0.25, -0.2) is 10.4 Å². The number of carbonyl (C=O) groups is 1. The number of hydrogen-bond donors (Lipinski definition) is 1. The van der Waals surface area contributed by atoms with Crippen LogP contribution in [0.1, 0.15) is 16.7 Å². The van der Waals surface area contributed by atoms with Crippen molar-refractivity contribution < 1.29 is 13.9 Å². The Bertz CT molecular complexity index is 1170. The van der Waals surface area contributed by atoms with Gasteiger partial charge in [-0.15, -0.1) is 0 Å². The first-order chi connectivity index (χ1) is 15.2. The lowest BCUT2D eigenvalue weighted by atomic mass is 10.1. The summed E-state index contributed by atoms with van der Waals surface area (Å²) in [5, 5.41) is 4.46. The van der Waals surface area contributed by atoms with Gasteiger partial charge < -0.3 is 9.15 Å². The number of thioether (sulfide) groups is 1. The quantitative estimate of drug-likeness (QED) is 0.242. The average Bonchev–Trinajstić information content (AvgIpc) is 3.21. The number of amides is 1. The molecule has 4 rings (SSSR count). The van der Waals surface area contributed by atoms with Crippen LogP contribution in [0.15, 0.2) is 87.5 Å². The molecule has 6 nitrogen and oxygen atoms in total. The van der Waals surface area contributed by atoms with Crippen molar-refractivity contribution >= 4 is 35.0 Å². The Morgan fingerprint density at radius 1 is 1.10 bits per heavy atom. The molecule has 4 aromatic rings. The second-order valence-corrected chi connectivity index (χ2v) is 7.74. The Kier molecular flexibility index (Phi) is 6.64. The highest BCUT2D eigenvalue weighted by molar-refractivity contribution is 7.99. The number of rotatable bonds is 8. The summed E-state index contributed by atoms with van der Waals surface area (Å²) in [4.78, 5) is 16.3. The van der Waals surface area contributed by atoms with Crippen LogP contribution in [-0.4, -0.2) is 22.9 Å².